The number of hydrogen-bond donors (Lipinski definition) is 0. The lowest BCUT2D eigenvalue weighted by atomic mass is 10.0. The summed E-state index contributed by atoms with van der Waals surface area (Å²) in [5.74, 6) is 2.79. The Morgan fingerprint density at radius 1 is 0.727 bits per heavy atom. The normalized spacial score (nSPS) is 13.9. The molecule has 1 aromatic rings. The molecule has 0 radical (unpaired) electrons. The van der Waals surface area contributed by atoms with Crippen molar-refractivity contribution in [2.45, 2.75) is 51.4 Å². The van der Waals surface area contributed by atoms with Gasteiger partial charge >= 0.3 is 11.9 Å². The highest BCUT2D eigenvalue weighted by molar-refractivity contribution is 5.89. The van der Waals surface area contributed by atoms with E-state index in [4.69, 9.17) is 38.2 Å². The van der Waals surface area contributed by atoms with Gasteiger partial charge in [-0.3, -0.25) is 0 Å². The van der Waals surface area contributed by atoms with Crippen molar-refractivity contribution < 1.29 is 47.8 Å². The number of carbonyl (C=O) groups excluding carboxylic acids is 2. The van der Waals surface area contributed by atoms with Crippen LogP contribution in [0.3, 0.4) is 0 Å². The van der Waals surface area contributed by atoms with Gasteiger partial charge in [-0.15, -0.1) is 0 Å². The van der Waals surface area contributed by atoms with Crippen LogP contribution in [0.25, 0.3) is 0 Å². The summed E-state index contributed by atoms with van der Waals surface area (Å²) in [4.78, 5) is 33.2. The monoisotopic (exact) mass is 608 g/mol. The fourth-order valence-electron chi connectivity index (χ4n) is 3.91. The SMILES string of the molecule is C=C=COOCCCCOc1ccc(OCOC2=CC=C(OC(=O)C3=CC=C(OCCCCOC(=O)C=C)CC3)CC2)cc1. The molecule has 0 aromatic heterocycles. The number of hydrogen-bond acceptors (Lipinski definition) is 10. The minimum atomic E-state index is -0.422. The molecule has 2 aliphatic rings. The Morgan fingerprint density at radius 3 is 2.02 bits per heavy atom. The molecule has 0 bridgehead atoms. The van der Waals surface area contributed by atoms with Crippen molar-refractivity contribution in [3.8, 4) is 11.5 Å². The average Bonchev–Trinajstić information content (AvgIpc) is 3.05. The second-order valence-corrected chi connectivity index (χ2v) is 9.58. The maximum Gasteiger partial charge on any atom is 0.339 e. The van der Waals surface area contributed by atoms with E-state index in [9.17, 15) is 9.59 Å². The second-order valence-electron chi connectivity index (χ2n) is 9.58. The van der Waals surface area contributed by atoms with Crippen molar-refractivity contribution in [1.82, 2.24) is 0 Å². The molecule has 10 heteroatoms. The molecule has 0 atom stereocenters. The highest BCUT2D eigenvalue weighted by atomic mass is 17.2. The van der Waals surface area contributed by atoms with Crippen LogP contribution < -0.4 is 9.47 Å². The van der Waals surface area contributed by atoms with E-state index in [-0.39, 0.29) is 12.8 Å². The number of unbranched alkanes of at least 4 members (excludes halogenated alkanes) is 2. The molecule has 0 saturated heterocycles. The minimum absolute atomic E-state index is 0.0600. The summed E-state index contributed by atoms with van der Waals surface area (Å²) in [7, 11) is 0. The van der Waals surface area contributed by atoms with Gasteiger partial charge in [0, 0.05) is 30.9 Å². The summed E-state index contributed by atoms with van der Waals surface area (Å²) < 4.78 is 33.4. The van der Waals surface area contributed by atoms with Gasteiger partial charge in [0.15, 0.2) is 6.26 Å². The van der Waals surface area contributed by atoms with Gasteiger partial charge in [-0.05, 0) is 80.7 Å². The number of ether oxygens (including phenoxy) is 6. The molecule has 44 heavy (non-hydrogen) atoms. The van der Waals surface area contributed by atoms with Gasteiger partial charge in [-0.2, -0.15) is 4.89 Å². The van der Waals surface area contributed by atoms with Crippen molar-refractivity contribution in [3.63, 3.8) is 0 Å². The molecule has 0 unspecified atom stereocenters. The summed E-state index contributed by atoms with van der Waals surface area (Å²) in [5, 5.41) is 0. The Balaban J connectivity index is 1.28. The summed E-state index contributed by atoms with van der Waals surface area (Å²) in [6, 6.07) is 7.32. The predicted molar refractivity (Wildman–Crippen MR) is 162 cm³/mol. The molecular formula is C34H40O10. The molecule has 1 aromatic carbocycles. The summed E-state index contributed by atoms with van der Waals surface area (Å²) >= 11 is 0. The van der Waals surface area contributed by atoms with Crippen molar-refractivity contribution >= 4 is 11.9 Å². The molecule has 10 nitrogen and oxygen atoms in total. The lowest BCUT2D eigenvalue weighted by Crippen LogP contribution is -2.12. The van der Waals surface area contributed by atoms with Gasteiger partial charge in [-0.1, -0.05) is 18.9 Å². The van der Waals surface area contributed by atoms with Gasteiger partial charge in [0.1, 0.15) is 23.0 Å². The molecule has 0 N–H and O–H groups in total. The van der Waals surface area contributed by atoms with E-state index >= 15 is 0 Å². The molecule has 0 saturated carbocycles. The highest BCUT2D eigenvalue weighted by Gasteiger charge is 2.18. The molecule has 236 valence electrons. The third-order valence-corrected chi connectivity index (χ3v) is 6.29. The molecule has 0 spiro atoms. The van der Waals surface area contributed by atoms with Crippen molar-refractivity contribution in [3.05, 3.63) is 103 Å². The Kier molecular flexibility index (Phi) is 15.6. The van der Waals surface area contributed by atoms with Crippen LogP contribution >= 0.6 is 0 Å². The van der Waals surface area contributed by atoms with E-state index in [1.807, 2.05) is 24.3 Å². The van der Waals surface area contributed by atoms with Gasteiger partial charge in [0.2, 0.25) is 6.79 Å². The zero-order valence-corrected chi connectivity index (χ0v) is 25.0. The van der Waals surface area contributed by atoms with Gasteiger partial charge in [-0.25, -0.2) is 9.59 Å². The molecule has 0 amide bonds. The first-order valence-electron chi connectivity index (χ1n) is 14.6. The number of esters is 2. The average molecular weight is 609 g/mol. The van der Waals surface area contributed by atoms with E-state index in [1.54, 1.807) is 24.3 Å². The molecule has 3 rings (SSSR count). The highest BCUT2D eigenvalue weighted by Crippen LogP contribution is 2.25. The molecule has 0 fully saturated rings. The largest absolute Gasteiger partial charge is 0.498 e. The number of rotatable bonds is 21. The minimum Gasteiger partial charge on any atom is -0.498 e. The van der Waals surface area contributed by atoms with Crippen molar-refractivity contribution in [1.29, 1.82) is 0 Å². The first-order valence-corrected chi connectivity index (χ1v) is 14.6. The van der Waals surface area contributed by atoms with Crippen LogP contribution in [0, 0.1) is 0 Å². The zero-order valence-electron chi connectivity index (χ0n) is 25.0. The van der Waals surface area contributed by atoms with Crippen LogP contribution in [-0.2, 0) is 38.3 Å². The van der Waals surface area contributed by atoms with E-state index in [2.05, 4.69) is 18.9 Å². The molecular weight excluding hydrogens is 568 g/mol. The van der Waals surface area contributed by atoms with Crippen molar-refractivity contribution in [2.75, 3.05) is 33.2 Å². The van der Waals surface area contributed by atoms with Crippen LogP contribution in [0.1, 0.15) is 51.4 Å². The first-order chi connectivity index (χ1) is 21.6. The molecule has 0 aliphatic heterocycles. The Hall–Kier alpha value is -4.66. The number of carbonyl (C=O) groups is 2. The van der Waals surface area contributed by atoms with E-state index in [1.165, 1.54) is 6.26 Å². The predicted octanol–water partition coefficient (Wildman–Crippen LogP) is 6.68. The van der Waals surface area contributed by atoms with Crippen molar-refractivity contribution in [2.24, 2.45) is 0 Å². The summed E-state index contributed by atoms with van der Waals surface area (Å²) in [6.07, 6.45) is 14.9. The van der Waals surface area contributed by atoms with E-state index in [0.717, 1.165) is 42.6 Å². The Labute approximate surface area is 258 Å². The lowest BCUT2D eigenvalue weighted by Gasteiger charge is -2.18. The third kappa shape index (κ3) is 13.5. The summed E-state index contributed by atoms with van der Waals surface area (Å²) in [6.45, 7) is 8.67. The second kappa shape index (κ2) is 20.3. The summed E-state index contributed by atoms with van der Waals surface area (Å²) in [5.41, 5.74) is 3.05. The smallest absolute Gasteiger partial charge is 0.339 e. The van der Waals surface area contributed by atoms with Crippen LogP contribution in [0.15, 0.2) is 103 Å². The van der Waals surface area contributed by atoms with Crippen LogP contribution in [-0.4, -0.2) is 45.2 Å². The number of benzene rings is 1. The standard InChI is InChI=1S/C34H40O10/c1-3-21-42-43-25-8-7-23-38-29-13-15-30(16-14-29)40-26-41-31-17-19-32(20-18-31)44-34(36)27-9-11-28(12-10-27)37-22-5-6-24-39-33(35)4-2/h4,9,11,13-17,19,21H,1-2,5-8,10,12,18,20,22-26H2. The molecule has 0 heterocycles. The van der Waals surface area contributed by atoms with Crippen LogP contribution in [0.5, 0.6) is 11.5 Å². The Morgan fingerprint density at radius 2 is 1.34 bits per heavy atom. The topological polar surface area (TPSA) is 108 Å². The zero-order chi connectivity index (χ0) is 31.2. The maximum atomic E-state index is 12.6. The van der Waals surface area contributed by atoms with E-state index in [0.29, 0.717) is 75.6 Å². The fourth-order valence-corrected chi connectivity index (χ4v) is 3.91. The van der Waals surface area contributed by atoms with Crippen LogP contribution in [0.4, 0.5) is 0 Å². The van der Waals surface area contributed by atoms with Gasteiger partial charge in [0.25, 0.3) is 0 Å². The third-order valence-electron chi connectivity index (χ3n) is 6.29. The Bertz CT molecular complexity index is 1250. The maximum absolute atomic E-state index is 12.6. The van der Waals surface area contributed by atoms with Crippen LogP contribution in [0.2, 0.25) is 0 Å². The van der Waals surface area contributed by atoms with E-state index < -0.39 is 5.97 Å². The quantitative estimate of drug-likeness (QED) is 0.0219. The lowest BCUT2D eigenvalue weighted by molar-refractivity contribution is -0.249. The fraction of sp³-hybridized carbons (Fsp3) is 0.382. The molecule has 2 aliphatic carbocycles. The van der Waals surface area contributed by atoms with Gasteiger partial charge in [0.05, 0.1) is 32.2 Å². The first kappa shape index (κ1) is 33.8. The number of allylic oxidation sites excluding steroid dienone is 7. The van der Waals surface area contributed by atoms with Gasteiger partial charge < -0.3 is 33.3 Å².